The second-order valence-electron chi connectivity index (χ2n) is 5.76. The van der Waals surface area contributed by atoms with Crippen molar-refractivity contribution in [3.05, 3.63) is 27.7 Å². The molecule has 1 aliphatic carbocycles. The van der Waals surface area contributed by atoms with Gasteiger partial charge in [0.1, 0.15) is 5.75 Å². The van der Waals surface area contributed by atoms with Crippen LogP contribution < -0.4 is 5.73 Å². The fourth-order valence-electron chi connectivity index (χ4n) is 2.87. The van der Waals surface area contributed by atoms with E-state index in [0.717, 1.165) is 41.3 Å². The summed E-state index contributed by atoms with van der Waals surface area (Å²) in [5.74, 6) is 0.741. The fraction of sp³-hybridized carbons (Fsp3) is 0.600. The first kappa shape index (κ1) is 13.9. The van der Waals surface area contributed by atoms with Gasteiger partial charge in [-0.3, -0.25) is 0 Å². The van der Waals surface area contributed by atoms with Crippen LogP contribution in [-0.4, -0.2) is 5.11 Å². The molecule has 1 aromatic carbocycles. The molecular formula is C15H22BrNO. The minimum absolute atomic E-state index is 0.347. The quantitative estimate of drug-likeness (QED) is 0.850. The molecule has 1 saturated carbocycles. The molecule has 0 bridgehead atoms. The third kappa shape index (κ3) is 2.57. The standard InChI is InChI=1S/C15H22BrNO/c1-10(2)11-8-14(18)12(9-13(11)16)15(17)6-4-3-5-7-15/h8-10,18H,3-7,17H2,1-2H3. The van der Waals surface area contributed by atoms with Crippen molar-refractivity contribution in [2.24, 2.45) is 5.73 Å². The molecule has 0 heterocycles. The van der Waals surface area contributed by atoms with Crippen LogP contribution in [0.4, 0.5) is 0 Å². The highest BCUT2D eigenvalue weighted by molar-refractivity contribution is 9.10. The van der Waals surface area contributed by atoms with Crippen LogP contribution in [0.25, 0.3) is 0 Å². The monoisotopic (exact) mass is 311 g/mol. The molecule has 0 radical (unpaired) electrons. The molecule has 1 aromatic rings. The Morgan fingerprint density at radius 3 is 2.39 bits per heavy atom. The molecule has 2 rings (SSSR count). The molecule has 0 amide bonds. The minimum atomic E-state index is -0.347. The van der Waals surface area contributed by atoms with Gasteiger partial charge in [0, 0.05) is 15.6 Å². The SMILES string of the molecule is CC(C)c1cc(O)c(C2(N)CCCCC2)cc1Br. The Kier molecular flexibility index (Phi) is 4.02. The highest BCUT2D eigenvalue weighted by atomic mass is 79.9. The van der Waals surface area contributed by atoms with Crippen LogP contribution in [0.1, 0.15) is 63.0 Å². The van der Waals surface area contributed by atoms with Crippen molar-refractivity contribution in [1.82, 2.24) is 0 Å². The number of aromatic hydroxyl groups is 1. The van der Waals surface area contributed by atoms with E-state index in [0.29, 0.717) is 11.7 Å². The van der Waals surface area contributed by atoms with Crippen LogP contribution in [-0.2, 0) is 5.54 Å². The summed E-state index contributed by atoms with van der Waals surface area (Å²) in [5.41, 5.74) is 8.18. The maximum Gasteiger partial charge on any atom is 0.120 e. The van der Waals surface area contributed by atoms with Gasteiger partial charge in [-0.25, -0.2) is 0 Å². The van der Waals surface area contributed by atoms with Crippen molar-refractivity contribution in [3.63, 3.8) is 0 Å². The molecule has 0 unspecified atom stereocenters. The van der Waals surface area contributed by atoms with Crippen molar-refractivity contribution in [3.8, 4) is 5.75 Å². The van der Waals surface area contributed by atoms with Gasteiger partial charge in [0.2, 0.25) is 0 Å². The van der Waals surface area contributed by atoms with E-state index in [1.165, 1.54) is 6.42 Å². The van der Waals surface area contributed by atoms with Crippen molar-refractivity contribution >= 4 is 15.9 Å². The number of phenolic OH excluding ortho intramolecular Hbond substituents is 1. The van der Waals surface area contributed by atoms with Gasteiger partial charge in [0.05, 0.1) is 0 Å². The zero-order valence-corrected chi connectivity index (χ0v) is 12.8. The van der Waals surface area contributed by atoms with Crippen LogP contribution in [0.2, 0.25) is 0 Å². The van der Waals surface area contributed by atoms with Gasteiger partial charge >= 0.3 is 0 Å². The first-order chi connectivity index (χ1) is 8.44. The van der Waals surface area contributed by atoms with E-state index in [1.807, 2.05) is 12.1 Å². The van der Waals surface area contributed by atoms with E-state index in [2.05, 4.69) is 29.8 Å². The molecule has 3 N–H and O–H groups in total. The Labute approximate surface area is 118 Å². The molecule has 1 aliphatic rings. The van der Waals surface area contributed by atoms with Crippen LogP contribution in [0.5, 0.6) is 5.75 Å². The van der Waals surface area contributed by atoms with Gasteiger partial charge in [0.15, 0.2) is 0 Å². The molecule has 0 saturated heterocycles. The first-order valence-electron chi connectivity index (χ1n) is 6.76. The van der Waals surface area contributed by atoms with Gasteiger partial charge in [-0.2, -0.15) is 0 Å². The summed E-state index contributed by atoms with van der Waals surface area (Å²) in [6, 6.07) is 3.89. The highest BCUT2D eigenvalue weighted by Crippen LogP contribution is 2.42. The molecule has 2 nitrogen and oxygen atoms in total. The Morgan fingerprint density at radius 2 is 1.83 bits per heavy atom. The van der Waals surface area contributed by atoms with Gasteiger partial charge in [-0.05, 0) is 36.5 Å². The van der Waals surface area contributed by atoms with E-state index in [-0.39, 0.29) is 5.54 Å². The smallest absolute Gasteiger partial charge is 0.120 e. The summed E-state index contributed by atoms with van der Waals surface area (Å²) in [4.78, 5) is 0. The number of rotatable bonds is 2. The predicted molar refractivity (Wildman–Crippen MR) is 78.8 cm³/mol. The average Bonchev–Trinajstić information content (AvgIpc) is 2.32. The molecular weight excluding hydrogens is 290 g/mol. The minimum Gasteiger partial charge on any atom is -0.508 e. The number of benzene rings is 1. The van der Waals surface area contributed by atoms with Crippen molar-refractivity contribution < 1.29 is 5.11 Å². The maximum atomic E-state index is 10.3. The molecule has 1 fully saturated rings. The van der Waals surface area contributed by atoms with Gasteiger partial charge < -0.3 is 10.8 Å². The Hall–Kier alpha value is -0.540. The molecule has 3 heteroatoms. The largest absolute Gasteiger partial charge is 0.508 e. The Balaban J connectivity index is 2.42. The number of hydrogen-bond donors (Lipinski definition) is 2. The maximum absolute atomic E-state index is 10.3. The zero-order chi connectivity index (χ0) is 13.3. The van der Waals surface area contributed by atoms with Gasteiger partial charge in [-0.15, -0.1) is 0 Å². The Morgan fingerprint density at radius 1 is 1.22 bits per heavy atom. The summed E-state index contributed by atoms with van der Waals surface area (Å²) in [6.07, 6.45) is 5.49. The first-order valence-corrected chi connectivity index (χ1v) is 7.55. The highest BCUT2D eigenvalue weighted by Gasteiger charge is 2.32. The van der Waals surface area contributed by atoms with Gasteiger partial charge in [0.25, 0.3) is 0 Å². The van der Waals surface area contributed by atoms with Gasteiger partial charge in [-0.1, -0.05) is 49.0 Å². The topological polar surface area (TPSA) is 46.2 Å². The third-order valence-corrected chi connectivity index (χ3v) is 4.71. The number of hydrogen-bond acceptors (Lipinski definition) is 2. The molecule has 0 spiro atoms. The number of phenols is 1. The molecule has 0 aromatic heterocycles. The van der Waals surface area contributed by atoms with Crippen molar-refractivity contribution in [1.29, 1.82) is 0 Å². The molecule has 100 valence electrons. The lowest BCUT2D eigenvalue weighted by atomic mass is 9.76. The van der Waals surface area contributed by atoms with Crippen LogP contribution in [0, 0.1) is 0 Å². The van der Waals surface area contributed by atoms with E-state index in [4.69, 9.17) is 5.73 Å². The van der Waals surface area contributed by atoms with E-state index < -0.39 is 0 Å². The van der Waals surface area contributed by atoms with Crippen molar-refractivity contribution in [2.45, 2.75) is 57.4 Å². The lowest BCUT2D eigenvalue weighted by Crippen LogP contribution is -2.38. The molecule has 0 atom stereocenters. The second-order valence-corrected chi connectivity index (χ2v) is 6.62. The third-order valence-electron chi connectivity index (χ3n) is 4.02. The summed E-state index contributed by atoms with van der Waals surface area (Å²) in [7, 11) is 0. The zero-order valence-electron chi connectivity index (χ0n) is 11.2. The average molecular weight is 312 g/mol. The normalized spacial score (nSPS) is 19.2. The predicted octanol–water partition coefficient (Wildman–Crippen LogP) is 4.40. The summed E-state index contributed by atoms with van der Waals surface area (Å²) < 4.78 is 1.06. The second kappa shape index (κ2) is 5.22. The summed E-state index contributed by atoms with van der Waals surface area (Å²) >= 11 is 3.61. The molecule has 18 heavy (non-hydrogen) atoms. The van der Waals surface area contributed by atoms with E-state index in [9.17, 15) is 5.11 Å². The molecule has 0 aliphatic heterocycles. The summed E-state index contributed by atoms with van der Waals surface area (Å²) in [5, 5.41) is 10.3. The van der Waals surface area contributed by atoms with Crippen LogP contribution in [0.3, 0.4) is 0 Å². The van der Waals surface area contributed by atoms with Crippen LogP contribution >= 0.6 is 15.9 Å². The van der Waals surface area contributed by atoms with Crippen molar-refractivity contribution in [2.75, 3.05) is 0 Å². The summed E-state index contributed by atoms with van der Waals surface area (Å²) in [6.45, 7) is 4.25. The number of nitrogens with two attached hydrogens (primary N) is 1. The van der Waals surface area contributed by atoms with Crippen LogP contribution in [0.15, 0.2) is 16.6 Å². The fourth-order valence-corrected chi connectivity index (χ4v) is 3.67. The lowest BCUT2D eigenvalue weighted by Gasteiger charge is -2.34. The lowest BCUT2D eigenvalue weighted by molar-refractivity contribution is 0.292. The Bertz CT molecular complexity index is 436. The van der Waals surface area contributed by atoms with E-state index >= 15 is 0 Å². The van der Waals surface area contributed by atoms with E-state index in [1.54, 1.807) is 0 Å². The number of halogens is 1.